The van der Waals surface area contributed by atoms with Crippen LogP contribution in [0.2, 0.25) is 0 Å². The first-order valence-electron chi connectivity index (χ1n) is 6.06. The highest BCUT2D eigenvalue weighted by Crippen LogP contribution is 1.93. The molecule has 104 valence electrons. The third-order valence-electron chi connectivity index (χ3n) is 2.08. The third kappa shape index (κ3) is 9.80. The molecular formula is C12H22N2O4. The number of carboxylic acid groups (broad SMARTS) is 1. The molecule has 6 heteroatoms. The number of carbonyl (C=O) groups is 1. The number of aliphatic hydroxyl groups is 1. The van der Waals surface area contributed by atoms with Gasteiger partial charge in [-0.2, -0.15) is 0 Å². The number of aliphatic carboxylic acids is 1. The van der Waals surface area contributed by atoms with E-state index in [2.05, 4.69) is 11.9 Å². The zero-order valence-corrected chi connectivity index (χ0v) is 11.0. The summed E-state index contributed by atoms with van der Waals surface area (Å²) >= 11 is 0. The average molecular weight is 258 g/mol. The lowest BCUT2D eigenvalue weighted by molar-refractivity contribution is -0.731. The molecule has 0 bridgehead atoms. The summed E-state index contributed by atoms with van der Waals surface area (Å²) in [5.74, 6) is -1.44. The first-order valence-corrected chi connectivity index (χ1v) is 6.06. The molecule has 0 aliphatic heterocycles. The molecule has 18 heavy (non-hydrogen) atoms. The first kappa shape index (κ1) is 16.6. The summed E-state index contributed by atoms with van der Waals surface area (Å²) in [6, 6.07) is 0. The molecule has 0 unspecified atom stereocenters. The second kappa shape index (κ2) is 10.7. The Morgan fingerprint density at radius 2 is 2.22 bits per heavy atom. The maximum absolute atomic E-state index is 9.34. The van der Waals surface area contributed by atoms with Crippen molar-refractivity contribution >= 4 is 5.97 Å². The maximum atomic E-state index is 9.34. The van der Waals surface area contributed by atoms with Crippen LogP contribution in [0.3, 0.4) is 0 Å². The Morgan fingerprint density at radius 3 is 2.67 bits per heavy atom. The van der Waals surface area contributed by atoms with Crippen LogP contribution in [0.4, 0.5) is 0 Å². The lowest BCUT2D eigenvalue weighted by Gasteiger charge is -2.00. The van der Waals surface area contributed by atoms with E-state index in [1.165, 1.54) is 19.3 Å². The number of aliphatic hydroxyl groups excluding tert-OH is 1. The van der Waals surface area contributed by atoms with Gasteiger partial charge >= 0.3 is 0 Å². The highest BCUT2D eigenvalue weighted by atomic mass is 16.5. The molecule has 1 aromatic rings. The second-order valence-electron chi connectivity index (χ2n) is 3.87. The van der Waals surface area contributed by atoms with Crippen molar-refractivity contribution in [3.05, 3.63) is 18.7 Å². The zero-order valence-electron chi connectivity index (χ0n) is 11.0. The molecule has 0 aliphatic rings. The number of aromatic amines is 1. The lowest BCUT2D eigenvalue weighted by Crippen LogP contribution is -2.32. The van der Waals surface area contributed by atoms with Crippen molar-refractivity contribution < 1.29 is 24.3 Å². The molecule has 0 fully saturated rings. The van der Waals surface area contributed by atoms with Gasteiger partial charge in [0, 0.05) is 0 Å². The predicted octanol–water partition coefficient (Wildman–Crippen LogP) is -0.416. The van der Waals surface area contributed by atoms with Crippen molar-refractivity contribution in [2.45, 2.75) is 45.9 Å². The summed E-state index contributed by atoms with van der Waals surface area (Å²) in [5, 5.41) is 17.3. The van der Waals surface area contributed by atoms with Crippen LogP contribution in [0.5, 0.6) is 0 Å². The van der Waals surface area contributed by atoms with Gasteiger partial charge in [0.25, 0.3) is 0 Å². The summed E-state index contributed by atoms with van der Waals surface area (Å²) < 4.78 is 7.40. The average Bonchev–Trinajstić information content (AvgIpc) is 2.82. The van der Waals surface area contributed by atoms with Gasteiger partial charge < -0.3 is 19.7 Å². The molecule has 1 aromatic heterocycles. The van der Waals surface area contributed by atoms with E-state index < -0.39 is 12.1 Å². The van der Waals surface area contributed by atoms with E-state index in [4.69, 9.17) is 9.84 Å². The van der Waals surface area contributed by atoms with Crippen LogP contribution < -0.4 is 9.67 Å². The van der Waals surface area contributed by atoms with Crippen LogP contribution in [-0.2, 0) is 16.3 Å². The topological polar surface area (TPSA) is 89.3 Å². The summed E-state index contributed by atoms with van der Waals surface area (Å²) in [5.41, 5.74) is 0. The van der Waals surface area contributed by atoms with Crippen molar-refractivity contribution in [1.82, 2.24) is 4.98 Å². The smallest absolute Gasteiger partial charge is 0.243 e. The fraction of sp³-hybridized carbons (Fsp3) is 0.667. The van der Waals surface area contributed by atoms with Crippen molar-refractivity contribution in [1.29, 1.82) is 0 Å². The van der Waals surface area contributed by atoms with Gasteiger partial charge in [-0.05, 0) is 13.3 Å². The van der Waals surface area contributed by atoms with E-state index in [0.29, 0.717) is 6.73 Å². The van der Waals surface area contributed by atoms with Gasteiger partial charge in [0.05, 0.1) is 18.7 Å². The maximum Gasteiger partial charge on any atom is 0.243 e. The number of nitrogens with zero attached hydrogens (tertiary/aromatic N) is 1. The number of carbonyl (C=O) groups excluding carboxylic acids is 1. The zero-order chi connectivity index (χ0) is 13.8. The fourth-order valence-corrected chi connectivity index (χ4v) is 1.02. The van der Waals surface area contributed by atoms with Crippen LogP contribution in [-0.4, -0.2) is 28.8 Å². The predicted molar refractivity (Wildman–Crippen MR) is 63.2 cm³/mol. The van der Waals surface area contributed by atoms with E-state index >= 15 is 0 Å². The van der Waals surface area contributed by atoms with E-state index in [-0.39, 0.29) is 0 Å². The van der Waals surface area contributed by atoms with Crippen molar-refractivity contribution in [2.24, 2.45) is 0 Å². The molecule has 0 amide bonds. The molecule has 1 rings (SSSR count). The van der Waals surface area contributed by atoms with Crippen LogP contribution in [0.1, 0.15) is 33.1 Å². The van der Waals surface area contributed by atoms with Crippen molar-refractivity contribution in [3.8, 4) is 0 Å². The number of nitrogens with one attached hydrogen (secondary N) is 1. The molecule has 1 heterocycles. The van der Waals surface area contributed by atoms with Gasteiger partial charge in [-0.1, -0.05) is 19.8 Å². The molecule has 0 saturated heterocycles. The number of ether oxygens (including phenoxy) is 1. The number of imidazole rings is 1. The minimum Gasteiger partial charge on any atom is -0.547 e. The van der Waals surface area contributed by atoms with Gasteiger partial charge in [-0.15, -0.1) is 0 Å². The van der Waals surface area contributed by atoms with Gasteiger partial charge in [-0.25, -0.2) is 4.57 Å². The molecule has 0 spiro atoms. The number of hydrogen-bond donors (Lipinski definition) is 2. The second-order valence-corrected chi connectivity index (χ2v) is 3.87. The third-order valence-corrected chi connectivity index (χ3v) is 2.08. The monoisotopic (exact) mass is 258 g/mol. The molecule has 0 saturated carbocycles. The molecule has 1 atom stereocenters. The largest absolute Gasteiger partial charge is 0.547 e. The standard InChI is InChI=1S/C9H16N2O.C3H6O3/c1-2-3-4-7-12-9-11-6-5-10-8-11;1-2(4)3(5)6/h5-6,8H,2-4,7,9H2,1H3;2,4H,1H3,(H,5,6)/t;2-/m.0/s1. The van der Waals surface area contributed by atoms with Crippen molar-refractivity contribution in [2.75, 3.05) is 6.61 Å². The van der Waals surface area contributed by atoms with Crippen LogP contribution >= 0.6 is 0 Å². The normalized spacial score (nSPS) is 11.5. The number of H-pyrrole nitrogens is 1. The fourth-order valence-electron chi connectivity index (χ4n) is 1.02. The quantitative estimate of drug-likeness (QED) is 0.513. The highest BCUT2D eigenvalue weighted by Gasteiger charge is 1.94. The van der Waals surface area contributed by atoms with Gasteiger partial charge in [0.2, 0.25) is 6.33 Å². The van der Waals surface area contributed by atoms with Gasteiger partial charge in [0.1, 0.15) is 12.4 Å². The van der Waals surface area contributed by atoms with Gasteiger partial charge in [0.15, 0.2) is 6.73 Å². The summed E-state index contributed by atoms with van der Waals surface area (Å²) in [6.45, 7) is 4.86. The van der Waals surface area contributed by atoms with Gasteiger partial charge in [-0.3, -0.25) is 4.98 Å². The molecule has 2 N–H and O–H groups in total. The molecule has 0 aliphatic carbocycles. The highest BCUT2D eigenvalue weighted by molar-refractivity contribution is 5.68. The van der Waals surface area contributed by atoms with Crippen LogP contribution in [0, 0.1) is 0 Å². The van der Waals surface area contributed by atoms with E-state index in [0.717, 1.165) is 13.5 Å². The van der Waals surface area contributed by atoms with Crippen molar-refractivity contribution in [3.63, 3.8) is 0 Å². The Balaban J connectivity index is 0.000000411. The molecular weight excluding hydrogens is 236 g/mol. The number of hydrogen-bond acceptors (Lipinski definition) is 4. The van der Waals surface area contributed by atoms with E-state index in [1.54, 1.807) is 0 Å². The molecule has 0 aromatic carbocycles. The number of unbranched alkanes of at least 4 members (excludes halogenated alkanes) is 2. The minimum absolute atomic E-state index is 0.660. The lowest BCUT2D eigenvalue weighted by atomic mass is 10.3. The minimum atomic E-state index is -1.44. The van der Waals surface area contributed by atoms with E-state index in [1.807, 2.05) is 23.3 Å². The Labute approximate surface area is 107 Å². The van der Waals surface area contributed by atoms with Crippen LogP contribution in [0.15, 0.2) is 18.7 Å². The Hall–Kier alpha value is -1.40. The Kier molecular flexibility index (Phi) is 9.90. The molecule has 0 radical (unpaired) electrons. The number of aromatic nitrogens is 2. The Morgan fingerprint density at radius 1 is 1.56 bits per heavy atom. The summed E-state index contributed by atoms with van der Waals surface area (Å²) in [4.78, 5) is 12.3. The number of carboxylic acids is 1. The van der Waals surface area contributed by atoms with E-state index in [9.17, 15) is 9.90 Å². The van der Waals surface area contributed by atoms with Crippen LogP contribution in [0.25, 0.3) is 0 Å². The first-order chi connectivity index (χ1) is 8.57. The SMILES string of the molecule is CCCCCOC[n+]1cc[nH]c1.C[C@H](O)C(=O)[O-]. The summed E-state index contributed by atoms with van der Waals surface area (Å²) in [7, 11) is 0. The Bertz CT molecular complexity index is 299. The summed E-state index contributed by atoms with van der Waals surface area (Å²) in [6.07, 6.45) is 8.07. The number of rotatable bonds is 7. The molecule has 6 nitrogen and oxygen atoms in total.